The van der Waals surface area contributed by atoms with Crippen LogP contribution in [0.3, 0.4) is 0 Å². The van der Waals surface area contributed by atoms with E-state index in [4.69, 9.17) is 18.9 Å². The van der Waals surface area contributed by atoms with Crippen molar-refractivity contribution in [3.8, 4) is 20.3 Å². The van der Waals surface area contributed by atoms with Crippen LogP contribution in [0.15, 0.2) is 9.79 Å². The van der Waals surface area contributed by atoms with Crippen molar-refractivity contribution in [1.29, 1.82) is 0 Å². The van der Waals surface area contributed by atoms with Crippen LogP contribution in [-0.2, 0) is 12.8 Å². The van der Waals surface area contributed by atoms with Gasteiger partial charge in [0.15, 0.2) is 20.3 Å². The van der Waals surface area contributed by atoms with Gasteiger partial charge in [0.2, 0.25) is 0 Å². The van der Waals surface area contributed by atoms with Crippen molar-refractivity contribution < 1.29 is 18.9 Å². The molecule has 2 rings (SSSR count). The molecule has 0 spiro atoms. The molecule has 2 aromatic rings. The first-order valence-corrected chi connectivity index (χ1v) is 9.75. The van der Waals surface area contributed by atoms with Gasteiger partial charge >= 0.3 is 0 Å². The summed E-state index contributed by atoms with van der Waals surface area (Å²) in [4.78, 5) is 2.20. The third-order valence-electron chi connectivity index (χ3n) is 3.44. The Hall–Kier alpha value is -1.05. The number of hydrogen-bond acceptors (Lipinski definition) is 7. The Morgan fingerprint density at radius 1 is 0.652 bits per heavy atom. The molecular formula is C16H22O4S3. The van der Waals surface area contributed by atoms with Gasteiger partial charge < -0.3 is 18.9 Å². The molecule has 0 fully saturated rings. The van der Waals surface area contributed by atoms with Gasteiger partial charge in [-0.15, -0.1) is 0 Å². The highest BCUT2D eigenvalue weighted by molar-refractivity contribution is 8.00. The molecule has 128 valence electrons. The van der Waals surface area contributed by atoms with Crippen molar-refractivity contribution in [3.63, 3.8) is 0 Å². The molecule has 0 unspecified atom stereocenters. The smallest absolute Gasteiger partial charge is 0.191 e. The molecule has 0 saturated carbocycles. The van der Waals surface area contributed by atoms with Crippen LogP contribution < -0.4 is 18.9 Å². The maximum Gasteiger partial charge on any atom is 0.191 e. The van der Waals surface area contributed by atoms with Gasteiger partial charge in [-0.25, -0.2) is 0 Å². The Morgan fingerprint density at radius 3 is 1.26 bits per heavy atom. The SMILES string of the molecule is CCc1c(OC)sc(OC)c1Sc1c(OC)sc(OC)c1CC. The van der Waals surface area contributed by atoms with Gasteiger partial charge in [0, 0.05) is 11.1 Å². The van der Waals surface area contributed by atoms with Crippen LogP contribution in [0.5, 0.6) is 20.3 Å². The summed E-state index contributed by atoms with van der Waals surface area (Å²) in [6.07, 6.45) is 1.77. The van der Waals surface area contributed by atoms with Crippen molar-refractivity contribution in [1.82, 2.24) is 0 Å². The van der Waals surface area contributed by atoms with Crippen molar-refractivity contribution in [2.24, 2.45) is 0 Å². The molecule has 0 N–H and O–H groups in total. The van der Waals surface area contributed by atoms with Crippen molar-refractivity contribution >= 4 is 34.4 Å². The fraction of sp³-hybridized carbons (Fsp3) is 0.500. The quantitative estimate of drug-likeness (QED) is 0.641. The minimum Gasteiger partial charge on any atom is -0.487 e. The maximum absolute atomic E-state index is 5.57. The third kappa shape index (κ3) is 3.41. The highest BCUT2D eigenvalue weighted by Gasteiger charge is 2.25. The lowest BCUT2D eigenvalue weighted by Gasteiger charge is -2.08. The normalized spacial score (nSPS) is 10.7. The van der Waals surface area contributed by atoms with Crippen molar-refractivity contribution in [2.75, 3.05) is 28.4 Å². The van der Waals surface area contributed by atoms with Gasteiger partial charge in [-0.05, 0) is 12.8 Å². The zero-order valence-electron chi connectivity index (χ0n) is 14.3. The molecule has 7 heteroatoms. The lowest BCUT2D eigenvalue weighted by Crippen LogP contribution is -1.91. The first-order chi connectivity index (χ1) is 11.1. The first kappa shape index (κ1) is 18.3. The van der Waals surface area contributed by atoms with Crippen molar-refractivity contribution in [2.45, 2.75) is 36.5 Å². The first-order valence-electron chi connectivity index (χ1n) is 7.30. The fourth-order valence-corrected chi connectivity index (χ4v) is 6.06. The summed E-state index contributed by atoms with van der Waals surface area (Å²) in [5.74, 6) is 0. The van der Waals surface area contributed by atoms with Crippen LogP contribution in [0.2, 0.25) is 0 Å². The maximum atomic E-state index is 5.57. The average Bonchev–Trinajstić information content (AvgIpc) is 3.11. The van der Waals surface area contributed by atoms with E-state index in [1.807, 2.05) is 0 Å². The summed E-state index contributed by atoms with van der Waals surface area (Å²) in [5.41, 5.74) is 2.35. The third-order valence-corrected chi connectivity index (χ3v) is 7.27. The Balaban J connectivity index is 2.54. The largest absolute Gasteiger partial charge is 0.487 e. The van der Waals surface area contributed by atoms with Crippen LogP contribution in [0.1, 0.15) is 25.0 Å². The van der Waals surface area contributed by atoms with Gasteiger partial charge in [-0.2, -0.15) is 0 Å². The molecule has 2 aromatic heterocycles. The Labute approximate surface area is 149 Å². The highest BCUT2D eigenvalue weighted by Crippen LogP contribution is 2.55. The molecule has 0 saturated heterocycles. The number of methoxy groups -OCH3 is 4. The predicted octanol–water partition coefficient (Wildman–Crippen LogP) is 5.12. The summed E-state index contributed by atoms with van der Waals surface area (Å²) >= 11 is 4.75. The molecule has 0 aliphatic heterocycles. The number of rotatable bonds is 8. The molecule has 2 heterocycles. The topological polar surface area (TPSA) is 36.9 Å². The fourth-order valence-electron chi connectivity index (χ4n) is 2.33. The second-order valence-electron chi connectivity index (χ2n) is 4.59. The van der Waals surface area contributed by atoms with E-state index >= 15 is 0 Å². The number of ether oxygens (including phenoxy) is 4. The molecule has 23 heavy (non-hydrogen) atoms. The Morgan fingerprint density at radius 2 is 1.00 bits per heavy atom. The lowest BCUT2D eigenvalue weighted by atomic mass is 10.2. The van der Waals surface area contributed by atoms with Gasteiger partial charge in [-0.1, -0.05) is 48.3 Å². The van der Waals surface area contributed by atoms with Crippen molar-refractivity contribution in [3.05, 3.63) is 11.1 Å². The Kier molecular flexibility index (Phi) is 6.50. The van der Waals surface area contributed by atoms with Crippen LogP contribution >= 0.6 is 34.4 Å². The molecule has 0 atom stereocenters. The molecule has 0 aliphatic rings. The van der Waals surface area contributed by atoms with Crippen LogP contribution in [-0.4, -0.2) is 28.4 Å². The zero-order valence-corrected chi connectivity index (χ0v) is 16.7. The summed E-state index contributed by atoms with van der Waals surface area (Å²) < 4.78 is 22.2. The van der Waals surface area contributed by atoms with E-state index in [-0.39, 0.29) is 0 Å². The van der Waals surface area contributed by atoms with E-state index in [9.17, 15) is 0 Å². The average molecular weight is 375 g/mol. The second-order valence-corrected chi connectivity index (χ2v) is 7.51. The minimum atomic E-state index is 0.873. The lowest BCUT2D eigenvalue weighted by molar-refractivity contribution is 0.414. The zero-order chi connectivity index (χ0) is 17.0. The van der Waals surface area contributed by atoms with Crippen LogP contribution in [0.4, 0.5) is 0 Å². The van der Waals surface area contributed by atoms with E-state index in [0.717, 1.165) is 42.9 Å². The van der Waals surface area contributed by atoms with Gasteiger partial charge in [0.05, 0.1) is 38.2 Å². The predicted molar refractivity (Wildman–Crippen MR) is 97.7 cm³/mol. The molecular weight excluding hydrogens is 352 g/mol. The minimum absolute atomic E-state index is 0.873. The Bertz CT molecular complexity index is 605. The van der Waals surface area contributed by atoms with E-state index < -0.39 is 0 Å². The number of hydrogen-bond donors (Lipinski definition) is 0. The second kappa shape index (κ2) is 8.17. The standard InChI is InChI=1S/C16H22O4S3/c1-7-9-11(15(19-5)22-13(9)17-3)21-12-10(8-2)14(18-4)23-16(12)20-6/h7-8H2,1-6H3. The van der Waals surface area contributed by atoms with Crippen LogP contribution in [0.25, 0.3) is 0 Å². The molecule has 0 bridgehead atoms. The van der Waals surface area contributed by atoms with E-state index in [2.05, 4.69) is 13.8 Å². The van der Waals surface area contributed by atoms with Gasteiger partial charge in [0.25, 0.3) is 0 Å². The molecule has 4 nitrogen and oxygen atoms in total. The van der Waals surface area contributed by atoms with E-state index in [1.165, 1.54) is 33.8 Å². The monoisotopic (exact) mass is 374 g/mol. The van der Waals surface area contributed by atoms with E-state index in [1.54, 1.807) is 40.2 Å². The van der Waals surface area contributed by atoms with Gasteiger partial charge in [0.1, 0.15) is 0 Å². The summed E-state index contributed by atoms with van der Waals surface area (Å²) in [6.45, 7) is 4.25. The van der Waals surface area contributed by atoms with Crippen LogP contribution in [0, 0.1) is 0 Å². The molecule has 0 radical (unpaired) electrons. The summed E-state index contributed by atoms with van der Waals surface area (Å²) in [7, 11) is 6.79. The summed E-state index contributed by atoms with van der Waals surface area (Å²) in [5, 5.41) is 3.56. The number of thiophene rings is 2. The highest BCUT2D eigenvalue weighted by atomic mass is 32.2. The molecule has 0 aliphatic carbocycles. The molecule has 0 amide bonds. The van der Waals surface area contributed by atoms with E-state index in [0.29, 0.717) is 0 Å². The van der Waals surface area contributed by atoms with Gasteiger partial charge in [-0.3, -0.25) is 0 Å². The summed E-state index contributed by atoms with van der Waals surface area (Å²) in [6, 6.07) is 0. The molecule has 0 aromatic carbocycles.